The number of esters is 1. The van der Waals surface area contributed by atoms with Gasteiger partial charge in [-0.2, -0.15) is 4.98 Å². The average Bonchev–Trinajstić information content (AvgIpc) is 2.94. The Morgan fingerprint density at radius 2 is 2.14 bits per heavy atom. The Labute approximate surface area is 129 Å². The van der Waals surface area contributed by atoms with Crippen LogP contribution in [0.2, 0.25) is 0 Å². The summed E-state index contributed by atoms with van der Waals surface area (Å²) in [6.45, 7) is 4.15. The second-order valence-electron chi connectivity index (χ2n) is 5.68. The molecule has 1 amide bonds. The van der Waals surface area contributed by atoms with Crippen molar-refractivity contribution in [1.82, 2.24) is 20.5 Å². The number of methoxy groups -OCH3 is 1. The van der Waals surface area contributed by atoms with E-state index in [1.165, 1.54) is 7.11 Å². The molecule has 1 aromatic rings. The smallest absolute Gasteiger partial charge is 0.313 e. The number of nitrogens with zero attached hydrogens (tertiary/aromatic N) is 2. The molecule has 0 aliphatic carbocycles. The molecule has 0 bridgehead atoms. The van der Waals surface area contributed by atoms with Gasteiger partial charge in [0.2, 0.25) is 11.9 Å². The summed E-state index contributed by atoms with van der Waals surface area (Å²) in [4.78, 5) is 27.2. The third-order valence-corrected chi connectivity index (χ3v) is 4.02. The van der Waals surface area contributed by atoms with E-state index in [4.69, 9.17) is 0 Å². The van der Waals surface area contributed by atoms with Crippen LogP contribution in [0, 0.1) is 11.8 Å². The van der Waals surface area contributed by atoms with E-state index in [9.17, 15) is 9.59 Å². The minimum absolute atomic E-state index is 0.00481. The summed E-state index contributed by atoms with van der Waals surface area (Å²) in [5.41, 5.74) is 0. The lowest BCUT2D eigenvalue weighted by Gasteiger charge is -2.27. The molecule has 0 radical (unpaired) electrons. The molecule has 2 heterocycles. The quantitative estimate of drug-likeness (QED) is 0.660. The number of carbonyl (C=O) groups excluding carboxylic acids is 2. The van der Waals surface area contributed by atoms with E-state index in [2.05, 4.69) is 37.5 Å². The number of nitrogens with one attached hydrogen (secondary N) is 3. The minimum atomic E-state index is -0.409. The molecule has 3 N–H and O–H groups in total. The highest BCUT2D eigenvalue weighted by atomic mass is 16.5. The summed E-state index contributed by atoms with van der Waals surface area (Å²) in [5.74, 6) is 0.961. The van der Waals surface area contributed by atoms with Gasteiger partial charge in [0.1, 0.15) is 12.2 Å². The van der Waals surface area contributed by atoms with Crippen molar-refractivity contribution in [1.29, 1.82) is 0 Å². The Morgan fingerprint density at radius 1 is 1.41 bits per heavy atom. The van der Waals surface area contributed by atoms with Gasteiger partial charge in [0.25, 0.3) is 0 Å². The predicted molar refractivity (Wildman–Crippen MR) is 80.1 cm³/mol. The largest absolute Gasteiger partial charge is 0.469 e. The monoisotopic (exact) mass is 309 g/mol. The number of anilines is 1. The molecule has 1 fully saturated rings. The highest BCUT2D eigenvalue weighted by Crippen LogP contribution is 2.24. The Balaban J connectivity index is 1.80. The lowest BCUT2D eigenvalue weighted by Crippen LogP contribution is -2.32. The summed E-state index contributed by atoms with van der Waals surface area (Å²) >= 11 is 0. The second-order valence-corrected chi connectivity index (χ2v) is 5.68. The van der Waals surface area contributed by atoms with Crippen molar-refractivity contribution in [2.75, 3.05) is 25.5 Å². The molecule has 22 heavy (non-hydrogen) atoms. The van der Waals surface area contributed by atoms with Crippen molar-refractivity contribution in [3.05, 3.63) is 5.82 Å². The SMILES string of the molecule is COC(=O)Cc1nc(NC(=O)CC(C)C2CCNCC2)n[nH]1. The number of ether oxygens (including phenoxy) is 1. The van der Waals surface area contributed by atoms with Crippen LogP contribution in [-0.2, 0) is 20.7 Å². The normalized spacial score (nSPS) is 17.0. The first-order valence-electron chi connectivity index (χ1n) is 7.57. The molecule has 0 aromatic carbocycles. The standard InChI is InChI=1S/C14H23N5O3/c1-9(10-3-5-15-6-4-10)7-12(20)17-14-16-11(18-19-14)8-13(21)22-2/h9-10,15H,3-8H2,1-2H3,(H2,16,17,18,19,20). The highest BCUT2D eigenvalue weighted by Gasteiger charge is 2.22. The molecule has 1 aliphatic heterocycles. The van der Waals surface area contributed by atoms with Crippen molar-refractivity contribution in [2.24, 2.45) is 11.8 Å². The first-order valence-corrected chi connectivity index (χ1v) is 7.57. The van der Waals surface area contributed by atoms with Crippen LogP contribution in [-0.4, -0.2) is 47.3 Å². The van der Waals surface area contributed by atoms with Crippen LogP contribution in [0.15, 0.2) is 0 Å². The number of aromatic amines is 1. The van der Waals surface area contributed by atoms with E-state index in [-0.39, 0.29) is 18.3 Å². The average molecular weight is 309 g/mol. The number of amides is 1. The van der Waals surface area contributed by atoms with E-state index in [0.29, 0.717) is 24.1 Å². The van der Waals surface area contributed by atoms with Crippen LogP contribution in [0.5, 0.6) is 0 Å². The molecule has 1 unspecified atom stereocenters. The zero-order valence-corrected chi connectivity index (χ0v) is 13.0. The summed E-state index contributed by atoms with van der Waals surface area (Å²) < 4.78 is 4.55. The van der Waals surface area contributed by atoms with Crippen molar-refractivity contribution >= 4 is 17.8 Å². The lowest BCUT2D eigenvalue weighted by atomic mass is 9.84. The van der Waals surface area contributed by atoms with Gasteiger partial charge in [-0.25, -0.2) is 0 Å². The Kier molecular flexibility index (Phi) is 5.88. The second kappa shape index (κ2) is 7.88. The molecular weight excluding hydrogens is 286 g/mol. The predicted octanol–water partition coefficient (Wildman–Crippen LogP) is 0.485. The zero-order valence-electron chi connectivity index (χ0n) is 13.0. The summed E-state index contributed by atoms with van der Waals surface area (Å²) in [5, 5.41) is 12.5. The summed E-state index contributed by atoms with van der Waals surface area (Å²) in [6.07, 6.45) is 2.67. The van der Waals surface area contributed by atoms with Crippen molar-refractivity contribution in [3.63, 3.8) is 0 Å². The van der Waals surface area contributed by atoms with Crippen LogP contribution in [0.3, 0.4) is 0 Å². The first kappa shape index (κ1) is 16.4. The fourth-order valence-electron chi connectivity index (χ4n) is 2.69. The molecule has 0 spiro atoms. The van der Waals surface area contributed by atoms with Crippen LogP contribution in [0.25, 0.3) is 0 Å². The number of H-pyrrole nitrogens is 1. The van der Waals surface area contributed by atoms with Crippen LogP contribution in [0.4, 0.5) is 5.95 Å². The van der Waals surface area contributed by atoms with Gasteiger partial charge in [0.15, 0.2) is 0 Å². The van der Waals surface area contributed by atoms with Gasteiger partial charge in [0, 0.05) is 6.42 Å². The van der Waals surface area contributed by atoms with E-state index < -0.39 is 5.97 Å². The molecule has 1 aromatic heterocycles. The Morgan fingerprint density at radius 3 is 2.82 bits per heavy atom. The Hall–Kier alpha value is -1.96. The van der Waals surface area contributed by atoms with Crippen molar-refractivity contribution < 1.29 is 14.3 Å². The van der Waals surface area contributed by atoms with Crippen LogP contribution >= 0.6 is 0 Å². The molecule has 8 nitrogen and oxygen atoms in total. The van der Waals surface area contributed by atoms with Crippen molar-refractivity contribution in [2.45, 2.75) is 32.6 Å². The van der Waals surface area contributed by atoms with E-state index in [1.807, 2.05) is 0 Å². The number of hydrogen-bond donors (Lipinski definition) is 3. The van der Waals surface area contributed by atoms with Gasteiger partial charge in [0.05, 0.1) is 7.11 Å². The topological polar surface area (TPSA) is 109 Å². The molecule has 8 heteroatoms. The fourth-order valence-corrected chi connectivity index (χ4v) is 2.69. The molecule has 1 saturated heterocycles. The van der Waals surface area contributed by atoms with Crippen LogP contribution < -0.4 is 10.6 Å². The van der Waals surface area contributed by atoms with Crippen LogP contribution in [0.1, 0.15) is 32.0 Å². The molecule has 1 aliphatic rings. The first-order chi connectivity index (χ1) is 10.6. The summed E-state index contributed by atoms with van der Waals surface area (Å²) in [6, 6.07) is 0. The number of hydrogen-bond acceptors (Lipinski definition) is 6. The van der Waals surface area contributed by atoms with Gasteiger partial charge in [-0.05, 0) is 37.8 Å². The number of aromatic nitrogens is 3. The van der Waals surface area contributed by atoms with Gasteiger partial charge in [-0.15, -0.1) is 5.10 Å². The van der Waals surface area contributed by atoms with Gasteiger partial charge >= 0.3 is 5.97 Å². The summed E-state index contributed by atoms with van der Waals surface area (Å²) in [7, 11) is 1.31. The third-order valence-electron chi connectivity index (χ3n) is 4.02. The van der Waals surface area contributed by atoms with Gasteiger partial charge in [-0.1, -0.05) is 6.92 Å². The molecule has 1 atom stereocenters. The number of piperidine rings is 1. The molecule has 122 valence electrons. The maximum absolute atomic E-state index is 12.0. The maximum Gasteiger partial charge on any atom is 0.313 e. The maximum atomic E-state index is 12.0. The van der Waals surface area contributed by atoms with E-state index >= 15 is 0 Å². The number of rotatable bonds is 6. The lowest BCUT2D eigenvalue weighted by molar-refractivity contribution is -0.139. The van der Waals surface area contributed by atoms with E-state index in [0.717, 1.165) is 25.9 Å². The molecule has 0 saturated carbocycles. The fraction of sp³-hybridized carbons (Fsp3) is 0.714. The van der Waals surface area contributed by atoms with E-state index in [1.54, 1.807) is 0 Å². The van der Waals surface area contributed by atoms with Crippen molar-refractivity contribution in [3.8, 4) is 0 Å². The number of carbonyl (C=O) groups is 2. The molecular formula is C14H23N5O3. The highest BCUT2D eigenvalue weighted by molar-refractivity contribution is 5.89. The third kappa shape index (κ3) is 4.80. The zero-order chi connectivity index (χ0) is 15.9. The Bertz CT molecular complexity index is 510. The van der Waals surface area contributed by atoms with Gasteiger partial charge < -0.3 is 10.1 Å². The van der Waals surface area contributed by atoms with Gasteiger partial charge in [-0.3, -0.25) is 20.0 Å². The minimum Gasteiger partial charge on any atom is -0.469 e. The molecule has 2 rings (SSSR count).